The van der Waals surface area contributed by atoms with Crippen molar-refractivity contribution in [2.45, 2.75) is 0 Å². The van der Waals surface area contributed by atoms with E-state index in [9.17, 15) is 0 Å². The molecule has 0 N–H and O–H groups in total. The van der Waals surface area contributed by atoms with Crippen LogP contribution in [0.15, 0.2) is 167 Å². The normalized spacial score (nSPS) is 12.1. The Kier molecular flexibility index (Phi) is 5.57. The zero-order valence-corrected chi connectivity index (χ0v) is 27.1. The third kappa shape index (κ3) is 3.76. The van der Waals surface area contributed by atoms with Crippen LogP contribution in [0.4, 0.5) is 0 Å². The van der Waals surface area contributed by atoms with Crippen molar-refractivity contribution in [3.63, 3.8) is 0 Å². The maximum atomic E-state index is 7.23. The highest BCUT2D eigenvalue weighted by molar-refractivity contribution is 7.26. The molecule has 0 spiro atoms. The molecule has 11 aromatic rings. The van der Waals surface area contributed by atoms with Gasteiger partial charge in [0.2, 0.25) is 0 Å². The minimum absolute atomic E-state index is 0.829. The van der Waals surface area contributed by atoms with Crippen LogP contribution in [0.25, 0.3) is 108 Å². The predicted molar refractivity (Wildman–Crippen MR) is 208 cm³/mol. The third-order valence-corrected chi connectivity index (χ3v) is 11.3. The summed E-state index contributed by atoms with van der Waals surface area (Å²) >= 11 is 1.88. The van der Waals surface area contributed by atoms with E-state index in [1.54, 1.807) is 0 Å². The molecule has 0 aliphatic carbocycles. The van der Waals surface area contributed by atoms with E-state index in [1.807, 2.05) is 23.5 Å². The average Bonchev–Trinajstić information content (AvgIpc) is 3.85. The summed E-state index contributed by atoms with van der Waals surface area (Å²) < 4.78 is 16.2. The summed E-state index contributed by atoms with van der Waals surface area (Å²) in [6, 6.07) is 56.3. The van der Waals surface area contributed by atoms with Crippen molar-refractivity contribution in [3.05, 3.63) is 158 Å². The Morgan fingerprint density at radius 2 is 0.980 bits per heavy atom. The Morgan fingerprint density at radius 3 is 1.73 bits per heavy atom. The molecule has 0 saturated heterocycles. The topological polar surface area (TPSA) is 26.3 Å². The Morgan fingerprint density at radius 1 is 0.367 bits per heavy atom. The van der Waals surface area contributed by atoms with E-state index in [0.717, 1.165) is 55.4 Å². The van der Waals surface area contributed by atoms with Gasteiger partial charge >= 0.3 is 0 Å². The summed E-state index contributed by atoms with van der Waals surface area (Å²) in [6.07, 6.45) is 0. The molecule has 2 nitrogen and oxygen atoms in total. The van der Waals surface area contributed by atoms with Gasteiger partial charge in [-0.25, -0.2) is 0 Å². The molecule has 0 unspecified atom stereocenters. The van der Waals surface area contributed by atoms with E-state index in [1.165, 1.54) is 52.8 Å². The standard InChI is InChI=1S/C46H26O2S/c1-2-13-27(14-3-1)40-35-25-26-38-43(34-20-8-10-23-37(34)47-38)44(35)48-45(40)42-31-18-6-4-16-29(31)41(30-17-5-7-19-32(30)42)36-22-12-21-33-28-15-9-11-24-39(28)49-46(33)36/h1-26H. The lowest BCUT2D eigenvalue weighted by atomic mass is 9.86. The van der Waals surface area contributed by atoms with E-state index in [4.69, 9.17) is 8.83 Å². The Labute approximate surface area is 285 Å². The number of para-hydroxylation sites is 1. The van der Waals surface area contributed by atoms with Crippen LogP contribution in [0.2, 0.25) is 0 Å². The van der Waals surface area contributed by atoms with Crippen LogP contribution in [0.5, 0.6) is 0 Å². The van der Waals surface area contributed by atoms with Gasteiger partial charge in [-0.2, -0.15) is 0 Å². The van der Waals surface area contributed by atoms with Gasteiger partial charge in [0, 0.05) is 47.6 Å². The minimum atomic E-state index is 0.829. The van der Waals surface area contributed by atoms with Crippen molar-refractivity contribution in [3.8, 4) is 33.6 Å². The monoisotopic (exact) mass is 642 g/mol. The molecule has 49 heavy (non-hydrogen) atoms. The number of hydrogen-bond donors (Lipinski definition) is 0. The highest BCUT2D eigenvalue weighted by Crippen LogP contribution is 2.52. The molecule has 0 aliphatic rings. The highest BCUT2D eigenvalue weighted by Gasteiger charge is 2.26. The molecule has 0 bridgehead atoms. The summed E-state index contributed by atoms with van der Waals surface area (Å²) in [5, 5.41) is 10.5. The Bertz CT molecular complexity index is 3050. The first-order valence-corrected chi connectivity index (χ1v) is 17.4. The molecule has 0 saturated carbocycles. The molecule has 0 fully saturated rings. The molecule has 11 rings (SSSR count). The van der Waals surface area contributed by atoms with Crippen LogP contribution in [-0.4, -0.2) is 0 Å². The molecule has 3 heterocycles. The summed E-state index contributed by atoms with van der Waals surface area (Å²) in [5.74, 6) is 0.873. The van der Waals surface area contributed by atoms with Crippen LogP contribution in [0, 0.1) is 0 Å². The SMILES string of the molecule is c1ccc(-c2c(-c3c4ccccc4c(-c4cccc5c4sc4ccccc45)c4ccccc34)oc3c2ccc2oc4ccccc4c23)cc1. The molecule has 0 amide bonds. The van der Waals surface area contributed by atoms with Gasteiger partial charge in [0.25, 0.3) is 0 Å². The van der Waals surface area contributed by atoms with Crippen LogP contribution in [-0.2, 0) is 0 Å². The number of fused-ring (bicyclic) bond motifs is 10. The lowest BCUT2D eigenvalue weighted by Gasteiger charge is -2.17. The van der Waals surface area contributed by atoms with Crippen LogP contribution in [0.3, 0.4) is 0 Å². The molecule has 8 aromatic carbocycles. The second-order valence-corrected chi connectivity index (χ2v) is 13.8. The molecule has 0 atom stereocenters. The van der Waals surface area contributed by atoms with Gasteiger partial charge in [0.05, 0.1) is 5.39 Å². The predicted octanol–water partition coefficient (Wildman–Crippen LogP) is 14.0. The van der Waals surface area contributed by atoms with Crippen LogP contribution in [0.1, 0.15) is 0 Å². The fourth-order valence-corrected chi connectivity index (χ4v) is 9.26. The summed E-state index contributed by atoms with van der Waals surface area (Å²) in [5.41, 5.74) is 8.38. The van der Waals surface area contributed by atoms with E-state index in [0.29, 0.717) is 0 Å². The first kappa shape index (κ1) is 26.9. The lowest BCUT2D eigenvalue weighted by Crippen LogP contribution is -1.91. The number of thiophene rings is 1. The highest BCUT2D eigenvalue weighted by atomic mass is 32.1. The fourth-order valence-electron chi connectivity index (χ4n) is 8.04. The third-order valence-electron chi connectivity index (χ3n) is 10.1. The van der Waals surface area contributed by atoms with Gasteiger partial charge in [-0.3, -0.25) is 0 Å². The summed E-state index contributed by atoms with van der Waals surface area (Å²) in [6.45, 7) is 0. The zero-order valence-electron chi connectivity index (χ0n) is 26.2. The molecule has 228 valence electrons. The molecule has 0 radical (unpaired) electrons. The second-order valence-electron chi connectivity index (χ2n) is 12.7. The number of furan rings is 2. The molecular weight excluding hydrogens is 617 g/mol. The Balaban J connectivity index is 1.31. The zero-order chi connectivity index (χ0) is 32.1. The summed E-state index contributed by atoms with van der Waals surface area (Å²) in [7, 11) is 0. The van der Waals surface area contributed by atoms with Crippen molar-refractivity contribution in [2.24, 2.45) is 0 Å². The van der Waals surface area contributed by atoms with Gasteiger partial charge < -0.3 is 8.83 Å². The van der Waals surface area contributed by atoms with Gasteiger partial charge in [-0.05, 0) is 56.9 Å². The van der Waals surface area contributed by atoms with Crippen molar-refractivity contribution < 1.29 is 8.83 Å². The fraction of sp³-hybridized carbons (Fsp3) is 0. The van der Waals surface area contributed by atoms with E-state index < -0.39 is 0 Å². The second kappa shape index (κ2) is 10.2. The van der Waals surface area contributed by atoms with Gasteiger partial charge in [0.1, 0.15) is 22.5 Å². The quantitative estimate of drug-likeness (QED) is 0.179. The number of rotatable bonds is 3. The van der Waals surface area contributed by atoms with Crippen molar-refractivity contribution in [1.82, 2.24) is 0 Å². The number of benzene rings is 8. The van der Waals surface area contributed by atoms with Crippen molar-refractivity contribution in [1.29, 1.82) is 0 Å². The summed E-state index contributed by atoms with van der Waals surface area (Å²) in [4.78, 5) is 0. The van der Waals surface area contributed by atoms with Crippen molar-refractivity contribution >= 4 is 86.0 Å². The van der Waals surface area contributed by atoms with E-state index in [-0.39, 0.29) is 0 Å². The smallest absolute Gasteiger partial charge is 0.147 e. The molecular formula is C46H26O2S. The maximum absolute atomic E-state index is 7.23. The van der Waals surface area contributed by atoms with Crippen LogP contribution >= 0.6 is 11.3 Å². The maximum Gasteiger partial charge on any atom is 0.147 e. The van der Waals surface area contributed by atoms with Gasteiger partial charge in [-0.1, -0.05) is 133 Å². The van der Waals surface area contributed by atoms with Gasteiger partial charge in [0.15, 0.2) is 0 Å². The minimum Gasteiger partial charge on any atom is -0.456 e. The molecule has 3 aromatic heterocycles. The first-order chi connectivity index (χ1) is 24.3. The first-order valence-electron chi connectivity index (χ1n) is 16.6. The van der Waals surface area contributed by atoms with Crippen LogP contribution < -0.4 is 0 Å². The van der Waals surface area contributed by atoms with E-state index in [2.05, 4.69) is 146 Å². The van der Waals surface area contributed by atoms with Crippen molar-refractivity contribution in [2.75, 3.05) is 0 Å². The Hall–Kier alpha value is -6.16. The average molecular weight is 643 g/mol. The lowest BCUT2D eigenvalue weighted by molar-refractivity contribution is 0.636. The molecule has 3 heteroatoms. The largest absolute Gasteiger partial charge is 0.456 e. The number of hydrogen-bond acceptors (Lipinski definition) is 3. The van der Waals surface area contributed by atoms with E-state index >= 15 is 0 Å². The van der Waals surface area contributed by atoms with Gasteiger partial charge in [-0.15, -0.1) is 11.3 Å². The molecule has 0 aliphatic heterocycles.